The number of aliphatic carboxylic acids is 1. The molecule has 5 nitrogen and oxygen atoms in total. The first-order valence-corrected chi connectivity index (χ1v) is 6.29. The lowest BCUT2D eigenvalue weighted by Crippen LogP contribution is -2.39. The molecule has 1 rings (SSSR count). The molecule has 0 fully saturated rings. The van der Waals surface area contributed by atoms with E-state index in [1.54, 1.807) is 33.0 Å². The van der Waals surface area contributed by atoms with Gasteiger partial charge in [0.2, 0.25) is 5.91 Å². The summed E-state index contributed by atoms with van der Waals surface area (Å²) in [5, 5.41) is 8.99. The maximum Gasteiger partial charge on any atom is 0.308 e. The number of hydrogen-bond donors (Lipinski definition) is 1. The van der Waals surface area contributed by atoms with E-state index in [-0.39, 0.29) is 18.4 Å². The molecule has 0 saturated carbocycles. The Morgan fingerprint density at radius 1 is 1.37 bits per heavy atom. The Labute approximate surface area is 113 Å². The number of carboxylic acids is 1. The first-order chi connectivity index (χ1) is 8.82. The van der Waals surface area contributed by atoms with Crippen LogP contribution in [-0.2, 0) is 9.59 Å². The van der Waals surface area contributed by atoms with Gasteiger partial charge in [-0.05, 0) is 24.6 Å². The highest BCUT2D eigenvalue weighted by atomic mass is 16.4. The van der Waals surface area contributed by atoms with Crippen molar-refractivity contribution in [3.63, 3.8) is 0 Å². The van der Waals surface area contributed by atoms with E-state index in [0.717, 1.165) is 5.56 Å². The Morgan fingerprint density at radius 2 is 2.00 bits per heavy atom. The first-order valence-electron chi connectivity index (χ1n) is 6.29. The lowest BCUT2D eigenvalue weighted by atomic mass is 10.1. The lowest BCUT2D eigenvalue weighted by Gasteiger charge is -2.25. The van der Waals surface area contributed by atoms with Crippen molar-refractivity contribution in [1.82, 2.24) is 4.98 Å². The summed E-state index contributed by atoms with van der Waals surface area (Å²) in [7, 11) is 0. The van der Waals surface area contributed by atoms with Crippen LogP contribution in [0, 0.1) is 18.8 Å². The molecule has 0 bridgehead atoms. The summed E-state index contributed by atoms with van der Waals surface area (Å²) < 4.78 is 0. The number of carbonyl (C=O) groups excluding carboxylic acids is 1. The van der Waals surface area contributed by atoms with Gasteiger partial charge in [0.05, 0.1) is 5.92 Å². The van der Waals surface area contributed by atoms with E-state index in [4.69, 9.17) is 5.11 Å². The van der Waals surface area contributed by atoms with Crippen LogP contribution in [0.2, 0.25) is 0 Å². The Kier molecular flexibility index (Phi) is 5.03. The van der Waals surface area contributed by atoms with Crippen LogP contribution in [0.15, 0.2) is 18.3 Å². The zero-order valence-electron chi connectivity index (χ0n) is 11.8. The predicted molar refractivity (Wildman–Crippen MR) is 73.0 cm³/mol. The van der Waals surface area contributed by atoms with Gasteiger partial charge in [0, 0.05) is 18.7 Å². The van der Waals surface area contributed by atoms with Gasteiger partial charge < -0.3 is 5.11 Å². The average Bonchev–Trinajstić information content (AvgIpc) is 2.34. The molecular formula is C14H20N2O3. The number of amides is 1. The molecular weight excluding hydrogens is 244 g/mol. The van der Waals surface area contributed by atoms with Gasteiger partial charge in [0.15, 0.2) is 0 Å². The molecule has 1 aromatic rings. The highest BCUT2D eigenvalue weighted by molar-refractivity contribution is 5.94. The quantitative estimate of drug-likeness (QED) is 0.884. The fraction of sp³-hybridized carbons (Fsp3) is 0.500. The van der Waals surface area contributed by atoms with Crippen LogP contribution < -0.4 is 4.90 Å². The second kappa shape index (κ2) is 6.31. The summed E-state index contributed by atoms with van der Waals surface area (Å²) >= 11 is 0. The molecule has 0 aliphatic rings. The van der Waals surface area contributed by atoms with Crippen molar-refractivity contribution < 1.29 is 14.7 Å². The molecule has 0 aromatic carbocycles. The molecule has 1 atom stereocenters. The second-order valence-corrected chi connectivity index (χ2v) is 5.03. The number of carbonyl (C=O) groups is 2. The SMILES string of the molecule is Cc1ccnc(N(CC(C)C(=O)O)C(=O)C(C)C)c1. The van der Waals surface area contributed by atoms with Gasteiger partial charge in [-0.15, -0.1) is 0 Å². The van der Waals surface area contributed by atoms with Gasteiger partial charge in [-0.3, -0.25) is 14.5 Å². The van der Waals surface area contributed by atoms with Crippen molar-refractivity contribution >= 4 is 17.7 Å². The summed E-state index contributed by atoms with van der Waals surface area (Å²) in [6.07, 6.45) is 1.62. The normalized spacial score (nSPS) is 12.3. The van der Waals surface area contributed by atoms with E-state index >= 15 is 0 Å². The molecule has 104 valence electrons. The highest BCUT2D eigenvalue weighted by Gasteiger charge is 2.24. The Hall–Kier alpha value is -1.91. The molecule has 0 aliphatic heterocycles. The van der Waals surface area contributed by atoms with Crippen LogP contribution in [0.3, 0.4) is 0 Å². The van der Waals surface area contributed by atoms with Crippen molar-refractivity contribution in [2.24, 2.45) is 11.8 Å². The minimum Gasteiger partial charge on any atom is -0.481 e. The van der Waals surface area contributed by atoms with Crippen LogP contribution in [0.1, 0.15) is 26.3 Å². The smallest absolute Gasteiger partial charge is 0.308 e. The van der Waals surface area contributed by atoms with E-state index in [2.05, 4.69) is 4.98 Å². The topological polar surface area (TPSA) is 70.5 Å². The third kappa shape index (κ3) is 4.05. The number of hydrogen-bond acceptors (Lipinski definition) is 3. The van der Waals surface area contributed by atoms with E-state index in [0.29, 0.717) is 5.82 Å². The van der Waals surface area contributed by atoms with Crippen molar-refractivity contribution in [3.8, 4) is 0 Å². The maximum absolute atomic E-state index is 12.2. The van der Waals surface area contributed by atoms with Gasteiger partial charge in [-0.1, -0.05) is 20.8 Å². The highest BCUT2D eigenvalue weighted by Crippen LogP contribution is 2.17. The average molecular weight is 264 g/mol. The van der Waals surface area contributed by atoms with Gasteiger partial charge in [0.25, 0.3) is 0 Å². The number of nitrogens with zero attached hydrogens (tertiary/aromatic N) is 2. The number of aryl methyl sites for hydroxylation is 1. The number of anilines is 1. The lowest BCUT2D eigenvalue weighted by molar-refractivity contribution is -0.140. The molecule has 0 saturated heterocycles. The van der Waals surface area contributed by atoms with E-state index in [1.807, 2.05) is 13.0 Å². The molecule has 1 amide bonds. The van der Waals surface area contributed by atoms with Crippen molar-refractivity contribution in [2.45, 2.75) is 27.7 Å². The van der Waals surface area contributed by atoms with Crippen molar-refractivity contribution in [2.75, 3.05) is 11.4 Å². The number of rotatable bonds is 5. The van der Waals surface area contributed by atoms with Crippen LogP contribution in [-0.4, -0.2) is 28.5 Å². The molecule has 1 unspecified atom stereocenters. The third-order valence-electron chi connectivity index (χ3n) is 2.82. The van der Waals surface area contributed by atoms with E-state index in [9.17, 15) is 9.59 Å². The molecule has 19 heavy (non-hydrogen) atoms. The Balaban J connectivity index is 3.05. The molecule has 0 aliphatic carbocycles. The van der Waals surface area contributed by atoms with Crippen molar-refractivity contribution in [3.05, 3.63) is 23.9 Å². The molecule has 0 spiro atoms. The zero-order valence-corrected chi connectivity index (χ0v) is 11.8. The molecule has 5 heteroatoms. The largest absolute Gasteiger partial charge is 0.481 e. The molecule has 1 aromatic heterocycles. The molecule has 0 radical (unpaired) electrons. The first kappa shape index (κ1) is 15.1. The van der Waals surface area contributed by atoms with Gasteiger partial charge in [0.1, 0.15) is 5.82 Å². The predicted octanol–water partition coefficient (Wildman–Crippen LogP) is 2.10. The maximum atomic E-state index is 12.2. The summed E-state index contributed by atoms with van der Waals surface area (Å²) in [5.41, 5.74) is 0.981. The monoisotopic (exact) mass is 264 g/mol. The van der Waals surface area contributed by atoms with Crippen LogP contribution in [0.4, 0.5) is 5.82 Å². The van der Waals surface area contributed by atoms with E-state index < -0.39 is 11.9 Å². The number of aromatic nitrogens is 1. The summed E-state index contributed by atoms with van der Waals surface area (Å²) in [5.74, 6) is -1.37. The zero-order chi connectivity index (χ0) is 14.6. The second-order valence-electron chi connectivity index (χ2n) is 5.03. The summed E-state index contributed by atoms with van der Waals surface area (Å²) in [6, 6.07) is 3.62. The standard InChI is InChI=1S/C14H20N2O3/c1-9(2)13(17)16(8-11(4)14(18)19)12-7-10(3)5-6-15-12/h5-7,9,11H,8H2,1-4H3,(H,18,19). The van der Waals surface area contributed by atoms with Gasteiger partial charge in [-0.2, -0.15) is 0 Å². The fourth-order valence-electron chi connectivity index (χ4n) is 1.63. The van der Waals surface area contributed by atoms with Crippen LogP contribution in [0.5, 0.6) is 0 Å². The number of carboxylic acid groups (broad SMARTS) is 1. The number of pyridine rings is 1. The minimum absolute atomic E-state index is 0.119. The summed E-state index contributed by atoms with van der Waals surface area (Å²) in [4.78, 5) is 28.8. The Morgan fingerprint density at radius 3 is 2.47 bits per heavy atom. The Bertz CT molecular complexity index is 472. The summed E-state index contributed by atoms with van der Waals surface area (Å²) in [6.45, 7) is 7.19. The fourth-order valence-corrected chi connectivity index (χ4v) is 1.63. The third-order valence-corrected chi connectivity index (χ3v) is 2.82. The van der Waals surface area contributed by atoms with Crippen molar-refractivity contribution in [1.29, 1.82) is 0 Å². The van der Waals surface area contributed by atoms with Gasteiger partial charge in [-0.25, -0.2) is 4.98 Å². The molecule has 1 N–H and O–H groups in total. The van der Waals surface area contributed by atoms with Gasteiger partial charge >= 0.3 is 5.97 Å². The van der Waals surface area contributed by atoms with E-state index in [1.165, 1.54) is 4.90 Å². The van der Waals surface area contributed by atoms with Crippen LogP contribution in [0.25, 0.3) is 0 Å². The van der Waals surface area contributed by atoms with Crippen LogP contribution >= 0.6 is 0 Å². The molecule has 1 heterocycles. The minimum atomic E-state index is -0.922.